The van der Waals surface area contributed by atoms with Crippen molar-refractivity contribution in [3.8, 4) is 5.75 Å². The molecule has 0 aliphatic carbocycles. The molecular formula is C15H24CaO3. The number of rotatable bonds is 7. The van der Waals surface area contributed by atoms with E-state index in [9.17, 15) is 9.90 Å². The van der Waals surface area contributed by atoms with Gasteiger partial charge in [-0.3, -0.25) is 0 Å². The van der Waals surface area contributed by atoms with Gasteiger partial charge in [0.05, 0.1) is 6.61 Å². The maximum absolute atomic E-state index is 11.8. The standard InChI is InChI=1S/C15H22O3.Ca.2H/c1-3-5-8-12(4-2)11-18-15(17)13-9-6-7-10-14(13)16;;;/h6-7,9-10,12,16H,3-5,8,11H2,1-2H3;;;. The molecule has 0 aliphatic heterocycles. The van der Waals surface area contributed by atoms with Gasteiger partial charge in [-0.05, 0) is 24.5 Å². The van der Waals surface area contributed by atoms with Crippen molar-refractivity contribution in [2.75, 3.05) is 6.61 Å². The number of aromatic hydroxyl groups is 1. The van der Waals surface area contributed by atoms with Crippen molar-refractivity contribution in [1.29, 1.82) is 0 Å². The van der Waals surface area contributed by atoms with E-state index in [1.807, 2.05) is 0 Å². The molecular weight excluding hydrogens is 268 g/mol. The maximum atomic E-state index is 11.8. The molecule has 0 bridgehead atoms. The molecule has 0 radical (unpaired) electrons. The van der Waals surface area contributed by atoms with Gasteiger partial charge in [-0.25, -0.2) is 4.79 Å². The number of para-hydroxylation sites is 1. The number of unbranched alkanes of at least 4 members (excludes halogenated alkanes) is 1. The van der Waals surface area contributed by atoms with E-state index in [1.165, 1.54) is 6.07 Å². The first-order chi connectivity index (χ1) is 8.69. The molecule has 0 heterocycles. The molecule has 0 fully saturated rings. The van der Waals surface area contributed by atoms with E-state index < -0.39 is 5.97 Å². The Kier molecular flexibility index (Phi) is 10.4. The Morgan fingerprint density at radius 2 is 2.00 bits per heavy atom. The summed E-state index contributed by atoms with van der Waals surface area (Å²) in [6.45, 7) is 4.69. The van der Waals surface area contributed by atoms with Crippen LogP contribution in [0, 0.1) is 5.92 Å². The SMILES string of the molecule is CCCCC(CC)COC(=O)c1ccccc1O.[CaH2]. The van der Waals surface area contributed by atoms with Gasteiger partial charge < -0.3 is 9.84 Å². The zero-order chi connectivity index (χ0) is 13.4. The third-order valence-corrected chi connectivity index (χ3v) is 3.12. The number of benzene rings is 1. The van der Waals surface area contributed by atoms with E-state index in [2.05, 4.69) is 13.8 Å². The van der Waals surface area contributed by atoms with E-state index in [0.29, 0.717) is 12.5 Å². The summed E-state index contributed by atoms with van der Waals surface area (Å²) in [6, 6.07) is 6.46. The Labute approximate surface area is 145 Å². The Hall–Kier alpha value is -0.250. The summed E-state index contributed by atoms with van der Waals surface area (Å²) in [5.74, 6) is -0.0492. The number of esters is 1. The number of hydrogen-bond acceptors (Lipinski definition) is 3. The molecule has 0 amide bonds. The molecule has 1 aromatic carbocycles. The van der Waals surface area contributed by atoms with Crippen LogP contribution in [0.1, 0.15) is 49.9 Å². The van der Waals surface area contributed by atoms with Gasteiger partial charge in [-0.2, -0.15) is 0 Å². The van der Waals surface area contributed by atoms with Crippen LogP contribution in [0.5, 0.6) is 5.75 Å². The molecule has 1 atom stereocenters. The van der Waals surface area contributed by atoms with Crippen LogP contribution in [0.3, 0.4) is 0 Å². The number of phenols is 1. The van der Waals surface area contributed by atoms with Crippen LogP contribution in [-0.4, -0.2) is 55.4 Å². The molecule has 0 spiro atoms. The molecule has 0 saturated heterocycles. The monoisotopic (exact) mass is 292 g/mol. The predicted octanol–water partition coefficient (Wildman–Crippen LogP) is 2.85. The zero-order valence-electron chi connectivity index (χ0n) is 11.2. The molecule has 3 nitrogen and oxygen atoms in total. The summed E-state index contributed by atoms with van der Waals surface area (Å²) in [7, 11) is 0. The second kappa shape index (κ2) is 10.5. The van der Waals surface area contributed by atoms with Gasteiger partial charge in [0.25, 0.3) is 0 Å². The van der Waals surface area contributed by atoms with E-state index in [0.717, 1.165) is 25.7 Å². The fraction of sp³-hybridized carbons (Fsp3) is 0.533. The Bertz CT molecular complexity index is 379. The van der Waals surface area contributed by atoms with Gasteiger partial charge in [0.15, 0.2) is 0 Å². The van der Waals surface area contributed by atoms with Crippen molar-refractivity contribution in [2.24, 2.45) is 5.92 Å². The molecule has 0 aromatic heterocycles. The third kappa shape index (κ3) is 6.64. The quantitative estimate of drug-likeness (QED) is 0.621. The van der Waals surface area contributed by atoms with Crippen molar-refractivity contribution in [3.63, 3.8) is 0 Å². The molecule has 1 aromatic rings. The van der Waals surface area contributed by atoms with Crippen molar-refractivity contribution < 1.29 is 14.6 Å². The Balaban J connectivity index is 0.00000324. The molecule has 4 heteroatoms. The van der Waals surface area contributed by atoms with Gasteiger partial charge in [-0.1, -0.05) is 45.2 Å². The minimum atomic E-state index is -0.442. The van der Waals surface area contributed by atoms with Crippen LogP contribution in [0.15, 0.2) is 24.3 Å². The van der Waals surface area contributed by atoms with E-state index in [-0.39, 0.29) is 49.1 Å². The topological polar surface area (TPSA) is 46.5 Å². The van der Waals surface area contributed by atoms with Crippen LogP contribution in [0.4, 0.5) is 0 Å². The summed E-state index contributed by atoms with van der Waals surface area (Å²) in [5, 5.41) is 9.54. The Morgan fingerprint density at radius 3 is 2.58 bits per heavy atom. The van der Waals surface area contributed by atoms with Crippen molar-refractivity contribution in [2.45, 2.75) is 39.5 Å². The number of phenolic OH excluding ortho intramolecular Hbond substituents is 1. The normalized spacial score (nSPS) is 11.5. The summed E-state index contributed by atoms with van der Waals surface area (Å²) in [5.41, 5.74) is 0.239. The number of ether oxygens (including phenoxy) is 1. The van der Waals surface area contributed by atoms with E-state index in [1.54, 1.807) is 18.2 Å². The average molecular weight is 292 g/mol. The molecule has 1 N–H and O–H groups in total. The first kappa shape index (κ1) is 18.7. The van der Waals surface area contributed by atoms with Gasteiger partial charge in [0.1, 0.15) is 11.3 Å². The van der Waals surface area contributed by atoms with Crippen LogP contribution < -0.4 is 0 Å². The van der Waals surface area contributed by atoms with E-state index in [4.69, 9.17) is 4.74 Å². The minimum absolute atomic E-state index is 0. The van der Waals surface area contributed by atoms with Crippen molar-refractivity contribution in [3.05, 3.63) is 29.8 Å². The summed E-state index contributed by atoms with van der Waals surface area (Å²) >= 11 is 0. The number of hydrogen-bond donors (Lipinski definition) is 1. The second-order valence-corrected chi connectivity index (χ2v) is 4.53. The predicted molar refractivity (Wildman–Crippen MR) is 80.2 cm³/mol. The van der Waals surface area contributed by atoms with Gasteiger partial charge >= 0.3 is 43.7 Å². The van der Waals surface area contributed by atoms with Crippen LogP contribution in [-0.2, 0) is 4.74 Å². The van der Waals surface area contributed by atoms with E-state index >= 15 is 0 Å². The zero-order valence-corrected chi connectivity index (χ0v) is 11.2. The average Bonchev–Trinajstić information content (AvgIpc) is 2.39. The summed E-state index contributed by atoms with van der Waals surface area (Å²) < 4.78 is 5.26. The second-order valence-electron chi connectivity index (χ2n) is 4.53. The fourth-order valence-electron chi connectivity index (χ4n) is 1.82. The van der Waals surface area contributed by atoms with Gasteiger partial charge in [0.2, 0.25) is 0 Å². The molecule has 104 valence electrons. The fourth-order valence-corrected chi connectivity index (χ4v) is 1.82. The van der Waals surface area contributed by atoms with Crippen molar-refractivity contribution >= 4 is 43.7 Å². The summed E-state index contributed by atoms with van der Waals surface area (Å²) in [6.07, 6.45) is 4.41. The van der Waals surface area contributed by atoms with Crippen LogP contribution >= 0.6 is 0 Å². The number of carbonyl (C=O) groups is 1. The van der Waals surface area contributed by atoms with Crippen LogP contribution in [0.2, 0.25) is 0 Å². The molecule has 0 aliphatic rings. The van der Waals surface area contributed by atoms with Crippen molar-refractivity contribution in [1.82, 2.24) is 0 Å². The Morgan fingerprint density at radius 1 is 1.32 bits per heavy atom. The van der Waals surface area contributed by atoms with Gasteiger partial charge in [-0.15, -0.1) is 0 Å². The first-order valence-electron chi connectivity index (χ1n) is 6.64. The molecule has 1 unspecified atom stereocenters. The summed E-state index contributed by atoms with van der Waals surface area (Å²) in [4.78, 5) is 11.8. The third-order valence-electron chi connectivity index (χ3n) is 3.12. The van der Waals surface area contributed by atoms with Crippen LogP contribution in [0.25, 0.3) is 0 Å². The molecule has 19 heavy (non-hydrogen) atoms. The molecule has 0 saturated carbocycles. The molecule has 1 rings (SSSR count). The number of carbonyl (C=O) groups excluding carboxylic acids is 1. The van der Waals surface area contributed by atoms with Gasteiger partial charge in [0, 0.05) is 0 Å². The first-order valence-corrected chi connectivity index (χ1v) is 6.64.